The van der Waals surface area contributed by atoms with Crippen LogP contribution in [0.15, 0.2) is 18.2 Å². The molecular formula is C19H26N2O5. The fourth-order valence-electron chi connectivity index (χ4n) is 3.27. The Labute approximate surface area is 153 Å². The van der Waals surface area contributed by atoms with E-state index in [-0.39, 0.29) is 23.7 Å². The molecule has 1 aromatic carbocycles. The average Bonchev–Trinajstić information content (AvgIpc) is 3.48. The van der Waals surface area contributed by atoms with Gasteiger partial charge in [-0.25, -0.2) is 0 Å². The first kappa shape index (κ1) is 18.5. The third kappa shape index (κ3) is 4.27. The SMILES string of the molecule is COc1ccc(CCNC(=O)C2CC2C(=O)N2CCOCC2)cc1OC. The summed E-state index contributed by atoms with van der Waals surface area (Å²) in [4.78, 5) is 26.4. The van der Waals surface area contributed by atoms with Crippen LogP contribution in [0, 0.1) is 11.8 Å². The summed E-state index contributed by atoms with van der Waals surface area (Å²) >= 11 is 0. The average molecular weight is 362 g/mol. The summed E-state index contributed by atoms with van der Waals surface area (Å²) in [7, 11) is 3.20. The molecule has 2 amide bonds. The van der Waals surface area contributed by atoms with Crippen LogP contribution in [0.3, 0.4) is 0 Å². The lowest BCUT2D eigenvalue weighted by Gasteiger charge is -2.27. The number of methoxy groups -OCH3 is 2. The largest absolute Gasteiger partial charge is 0.493 e. The van der Waals surface area contributed by atoms with E-state index >= 15 is 0 Å². The molecule has 2 unspecified atom stereocenters. The molecule has 1 aromatic rings. The number of benzene rings is 1. The number of carbonyl (C=O) groups is 2. The fourth-order valence-corrected chi connectivity index (χ4v) is 3.27. The van der Waals surface area contributed by atoms with E-state index in [1.54, 1.807) is 14.2 Å². The highest BCUT2D eigenvalue weighted by molar-refractivity contribution is 5.92. The Kier molecular flexibility index (Phi) is 5.98. The quantitative estimate of drug-likeness (QED) is 0.778. The predicted molar refractivity (Wildman–Crippen MR) is 95.3 cm³/mol. The van der Waals surface area contributed by atoms with Crippen molar-refractivity contribution < 1.29 is 23.8 Å². The van der Waals surface area contributed by atoms with Crippen molar-refractivity contribution in [2.75, 3.05) is 47.1 Å². The molecule has 1 N–H and O–H groups in total. The van der Waals surface area contributed by atoms with Crippen LogP contribution < -0.4 is 14.8 Å². The van der Waals surface area contributed by atoms with Gasteiger partial charge in [0, 0.05) is 19.6 Å². The Balaban J connectivity index is 1.43. The highest BCUT2D eigenvalue weighted by Gasteiger charge is 2.49. The highest BCUT2D eigenvalue weighted by Crippen LogP contribution is 2.40. The van der Waals surface area contributed by atoms with Gasteiger partial charge < -0.3 is 24.4 Å². The van der Waals surface area contributed by atoms with Crippen LogP contribution in [-0.4, -0.2) is 63.8 Å². The summed E-state index contributed by atoms with van der Waals surface area (Å²) in [5, 5.41) is 2.94. The van der Waals surface area contributed by atoms with Crippen molar-refractivity contribution >= 4 is 11.8 Å². The van der Waals surface area contributed by atoms with Crippen LogP contribution in [-0.2, 0) is 20.7 Å². The summed E-state index contributed by atoms with van der Waals surface area (Å²) < 4.78 is 15.8. The molecule has 1 heterocycles. The van der Waals surface area contributed by atoms with Gasteiger partial charge in [-0.05, 0) is 30.5 Å². The van der Waals surface area contributed by atoms with Gasteiger partial charge in [0.15, 0.2) is 11.5 Å². The zero-order chi connectivity index (χ0) is 18.5. The molecule has 2 fully saturated rings. The summed E-state index contributed by atoms with van der Waals surface area (Å²) in [5.41, 5.74) is 1.06. The van der Waals surface area contributed by atoms with Gasteiger partial charge in [-0.2, -0.15) is 0 Å². The van der Waals surface area contributed by atoms with Gasteiger partial charge in [-0.3, -0.25) is 9.59 Å². The molecule has 2 atom stereocenters. The fraction of sp³-hybridized carbons (Fsp3) is 0.579. The molecule has 1 aliphatic carbocycles. The number of ether oxygens (including phenoxy) is 3. The van der Waals surface area contributed by atoms with Crippen LogP contribution in [0.1, 0.15) is 12.0 Å². The maximum Gasteiger partial charge on any atom is 0.226 e. The van der Waals surface area contributed by atoms with E-state index in [2.05, 4.69) is 5.32 Å². The minimum Gasteiger partial charge on any atom is -0.493 e. The van der Waals surface area contributed by atoms with E-state index in [4.69, 9.17) is 14.2 Å². The number of morpholine rings is 1. The molecule has 7 heteroatoms. The lowest BCUT2D eigenvalue weighted by Crippen LogP contribution is -2.42. The summed E-state index contributed by atoms with van der Waals surface area (Å²) in [6.07, 6.45) is 1.35. The smallest absolute Gasteiger partial charge is 0.226 e. The van der Waals surface area contributed by atoms with Crippen molar-refractivity contribution in [3.63, 3.8) is 0 Å². The lowest BCUT2D eigenvalue weighted by molar-refractivity contribution is -0.138. The van der Waals surface area contributed by atoms with Crippen LogP contribution in [0.2, 0.25) is 0 Å². The number of rotatable bonds is 7. The zero-order valence-electron chi connectivity index (χ0n) is 15.3. The van der Waals surface area contributed by atoms with Gasteiger partial charge in [0.05, 0.1) is 39.3 Å². The van der Waals surface area contributed by atoms with Crippen molar-refractivity contribution in [1.82, 2.24) is 10.2 Å². The van der Waals surface area contributed by atoms with Gasteiger partial charge in [0.2, 0.25) is 11.8 Å². The van der Waals surface area contributed by atoms with E-state index < -0.39 is 0 Å². The van der Waals surface area contributed by atoms with E-state index in [1.165, 1.54) is 0 Å². The number of hydrogen-bond donors (Lipinski definition) is 1. The molecule has 0 spiro atoms. The first-order chi connectivity index (χ1) is 12.6. The molecule has 142 valence electrons. The molecule has 0 radical (unpaired) electrons. The number of nitrogens with zero attached hydrogens (tertiary/aromatic N) is 1. The van der Waals surface area contributed by atoms with E-state index in [9.17, 15) is 9.59 Å². The Bertz CT molecular complexity index is 657. The van der Waals surface area contributed by atoms with Crippen molar-refractivity contribution in [3.05, 3.63) is 23.8 Å². The number of hydrogen-bond acceptors (Lipinski definition) is 5. The number of nitrogens with one attached hydrogen (secondary N) is 1. The van der Waals surface area contributed by atoms with E-state index in [0.717, 1.165) is 5.56 Å². The first-order valence-electron chi connectivity index (χ1n) is 8.99. The van der Waals surface area contributed by atoms with Gasteiger partial charge in [0.1, 0.15) is 0 Å². The van der Waals surface area contributed by atoms with Gasteiger partial charge in [-0.15, -0.1) is 0 Å². The number of carbonyl (C=O) groups excluding carboxylic acids is 2. The normalized spacial score (nSPS) is 21.8. The van der Waals surface area contributed by atoms with Crippen LogP contribution in [0.4, 0.5) is 0 Å². The Hall–Kier alpha value is -2.28. The summed E-state index contributed by atoms with van der Waals surface area (Å²) in [6, 6.07) is 5.72. The Morgan fingerprint density at radius 2 is 1.88 bits per heavy atom. The van der Waals surface area contributed by atoms with Crippen molar-refractivity contribution in [3.8, 4) is 11.5 Å². The van der Waals surface area contributed by atoms with Crippen molar-refractivity contribution in [1.29, 1.82) is 0 Å². The molecule has 26 heavy (non-hydrogen) atoms. The molecule has 7 nitrogen and oxygen atoms in total. The van der Waals surface area contributed by atoms with Crippen LogP contribution >= 0.6 is 0 Å². The second-order valence-corrected chi connectivity index (χ2v) is 6.62. The third-order valence-electron chi connectivity index (χ3n) is 4.93. The third-order valence-corrected chi connectivity index (χ3v) is 4.93. The van der Waals surface area contributed by atoms with E-state index in [1.807, 2.05) is 23.1 Å². The second-order valence-electron chi connectivity index (χ2n) is 6.62. The predicted octanol–water partition coefficient (Wildman–Crippen LogP) is 0.857. The van der Waals surface area contributed by atoms with Crippen molar-refractivity contribution in [2.24, 2.45) is 11.8 Å². The standard InChI is InChI=1S/C19H26N2O5/c1-24-16-4-3-13(11-17(16)25-2)5-6-20-18(22)14-12-15(14)19(23)21-7-9-26-10-8-21/h3-4,11,14-15H,5-10,12H2,1-2H3,(H,20,22). The maximum absolute atomic E-state index is 12.4. The highest BCUT2D eigenvalue weighted by atomic mass is 16.5. The molecule has 3 rings (SSSR count). The van der Waals surface area contributed by atoms with Crippen molar-refractivity contribution in [2.45, 2.75) is 12.8 Å². The van der Waals surface area contributed by atoms with E-state index in [0.29, 0.717) is 57.2 Å². The topological polar surface area (TPSA) is 77.1 Å². The molecule has 0 aromatic heterocycles. The summed E-state index contributed by atoms with van der Waals surface area (Å²) in [6.45, 7) is 2.95. The Morgan fingerprint density at radius 3 is 2.58 bits per heavy atom. The zero-order valence-corrected chi connectivity index (χ0v) is 15.3. The monoisotopic (exact) mass is 362 g/mol. The molecule has 0 bridgehead atoms. The van der Waals surface area contributed by atoms with Gasteiger partial charge in [-0.1, -0.05) is 6.07 Å². The van der Waals surface area contributed by atoms with Crippen LogP contribution in [0.25, 0.3) is 0 Å². The lowest BCUT2D eigenvalue weighted by atomic mass is 10.1. The van der Waals surface area contributed by atoms with Gasteiger partial charge in [0.25, 0.3) is 0 Å². The number of amides is 2. The minimum absolute atomic E-state index is 0.0305. The van der Waals surface area contributed by atoms with Gasteiger partial charge >= 0.3 is 0 Å². The first-order valence-corrected chi connectivity index (χ1v) is 8.99. The second kappa shape index (κ2) is 8.40. The molecular weight excluding hydrogens is 336 g/mol. The van der Waals surface area contributed by atoms with Crippen LogP contribution in [0.5, 0.6) is 11.5 Å². The molecule has 1 saturated heterocycles. The molecule has 1 aliphatic heterocycles. The summed E-state index contributed by atoms with van der Waals surface area (Å²) in [5.74, 6) is 1.08. The maximum atomic E-state index is 12.4. The Morgan fingerprint density at radius 1 is 1.15 bits per heavy atom. The molecule has 2 aliphatic rings. The minimum atomic E-state index is -0.184. The molecule has 1 saturated carbocycles.